The quantitative estimate of drug-likeness (QED) is 0.151. The van der Waals surface area contributed by atoms with E-state index in [1.54, 1.807) is 10.9 Å². The van der Waals surface area contributed by atoms with E-state index in [9.17, 15) is 4.89 Å². The number of alkyl halides is 2. The molecule has 0 aromatic rings. The van der Waals surface area contributed by atoms with Crippen molar-refractivity contribution in [3.63, 3.8) is 0 Å². The maximum Gasteiger partial charge on any atom is 0.431 e. The Morgan fingerprint density at radius 3 is 2.55 bits per heavy atom. The highest BCUT2D eigenvalue weighted by molar-refractivity contribution is 7.61. The van der Waals surface area contributed by atoms with Gasteiger partial charge in [-0.25, -0.2) is 0 Å². The highest BCUT2D eigenvalue weighted by atomic mass is 35.5. The molecule has 0 heterocycles. The minimum atomic E-state index is -2.95. The van der Waals surface area contributed by atoms with Gasteiger partial charge in [-0.1, -0.05) is 5.16 Å². The normalized spacial score (nSPS) is 14.9. The Bertz CT molecular complexity index is 261. The minimum Gasteiger partial charge on any atom is -0.399 e. The molecule has 0 aliphatic carbocycles. The van der Waals surface area contributed by atoms with Crippen molar-refractivity contribution < 1.29 is 14.3 Å². The van der Waals surface area contributed by atoms with Crippen LogP contribution >= 0.6 is 31.2 Å². The van der Waals surface area contributed by atoms with E-state index in [1.165, 1.54) is 7.11 Å². The summed E-state index contributed by atoms with van der Waals surface area (Å²) < 4.78 is 7.34. The molecule has 120 valence electrons. The fourth-order valence-corrected chi connectivity index (χ4v) is 4.00. The molecule has 0 fully saturated rings. The number of hydrogen-bond donors (Lipinski definition) is 3. The minimum absolute atomic E-state index is 0.301. The van der Waals surface area contributed by atoms with Crippen LogP contribution in [0.2, 0.25) is 0 Å². The molecule has 0 aromatic carbocycles. The Morgan fingerprint density at radius 1 is 1.40 bits per heavy atom. The Kier molecular flexibility index (Phi) is 13.2. The highest BCUT2D eigenvalue weighted by Crippen LogP contribution is 2.54. The lowest BCUT2D eigenvalue weighted by atomic mass is 10.5. The van der Waals surface area contributed by atoms with Crippen LogP contribution in [0.15, 0.2) is 5.16 Å². The summed E-state index contributed by atoms with van der Waals surface area (Å²) >= 11 is 11.5. The van der Waals surface area contributed by atoms with E-state index in [4.69, 9.17) is 33.5 Å². The molecule has 1 atom stereocenters. The van der Waals surface area contributed by atoms with Crippen LogP contribution in [0.25, 0.3) is 0 Å². The van der Waals surface area contributed by atoms with Crippen LogP contribution in [0.1, 0.15) is 6.42 Å². The molecule has 0 aliphatic rings. The molecule has 0 amide bonds. The summed E-state index contributed by atoms with van der Waals surface area (Å²) in [6, 6.07) is 0. The Hall–Kier alpha value is 0.280. The van der Waals surface area contributed by atoms with E-state index in [1.807, 2.05) is 0 Å². The molecule has 7 nitrogen and oxygen atoms in total. The SMILES string of the molecule is CO/N=C/CCO[P+](O)(NCCN)N(CCCl)CCCl. The zero-order valence-corrected chi connectivity index (χ0v) is 14.1. The maximum atomic E-state index is 10.7. The number of hydrogen-bond acceptors (Lipinski definition) is 7. The first-order valence-corrected chi connectivity index (χ1v) is 8.96. The molecule has 0 aromatic heterocycles. The molecule has 0 aliphatic heterocycles. The summed E-state index contributed by atoms with van der Waals surface area (Å²) in [5, 5.41) is 6.56. The predicted octanol–water partition coefficient (Wildman–Crippen LogP) is 1.02. The molecule has 4 N–H and O–H groups in total. The van der Waals surface area contributed by atoms with E-state index in [2.05, 4.69) is 15.1 Å². The lowest BCUT2D eigenvalue weighted by Crippen LogP contribution is -2.38. The third kappa shape index (κ3) is 8.54. The first kappa shape index (κ1) is 20.3. The lowest BCUT2D eigenvalue weighted by molar-refractivity contribution is 0.211. The molecular formula is C10H24Cl2N4O3P+. The fraction of sp³-hybridized carbons (Fsp3) is 0.900. The van der Waals surface area contributed by atoms with Gasteiger partial charge in [-0.3, -0.25) is 0 Å². The van der Waals surface area contributed by atoms with Crippen molar-refractivity contribution in [2.45, 2.75) is 6.42 Å². The summed E-state index contributed by atoms with van der Waals surface area (Å²) in [7, 11) is -1.48. The average molecular weight is 350 g/mol. The second-order valence-electron chi connectivity index (χ2n) is 3.66. The van der Waals surface area contributed by atoms with E-state index < -0.39 is 8.02 Å². The second-order valence-corrected chi connectivity index (χ2v) is 6.65. The van der Waals surface area contributed by atoms with Crippen LogP contribution in [0.3, 0.4) is 0 Å². The topological polar surface area (TPSA) is 92.3 Å². The number of nitrogens with zero attached hydrogens (tertiary/aromatic N) is 2. The van der Waals surface area contributed by atoms with Crippen LogP contribution in [-0.2, 0) is 9.36 Å². The molecule has 0 rings (SSSR count). The van der Waals surface area contributed by atoms with Crippen LogP contribution in [0.4, 0.5) is 0 Å². The fourth-order valence-electron chi connectivity index (χ4n) is 1.38. The van der Waals surface area contributed by atoms with Crippen molar-refractivity contribution in [1.29, 1.82) is 0 Å². The Labute approximate surface area is 131 Å². The van der Waals surface area contributed by atoms with Crippen LogP contribution in [0, 0.1) is 0 Å². The molecule has 10 heteroatoms. The molecule has 0 spiro atoms. The molecule has 1 unspecified atom stereocenters. The van der Waals surface area contributed by atoms with Crippen molar-refractivity contribution in [1.82, 2.24) is 9.76 Å². The van der Waals surface area contributed by atoms with Crippen molar-refractivity contribution in [3.8, 4) is 0 Å². The number of nitrogens with one attached hydrogen (secondary N) is 1. The molecule has 0 saturated heterocycles. The summed E-state index contributed by atoms with van der Waals surface area (Å²) in [6.07, 6.45) is 2.09. The molecule has 0 saturated carbocycles. The summed E-state index contributed by atoms with van der Waals surface area (Å²) in [5.41, 5.74) is 5.46. The molecule has 0 radical (unpaired) electrons. The average Bonchev–Trinajstić information content (AvgIpc) is 2.45. The number of halogens is 2. The monoisotopic (exact) mass is 349 g/mol. The van der Waals surface area contributed by atoms with Gasteiger partial charge in [-0.15, -0.1) is 33.0 Å². The third-order valence-electron chi connectivity index (χ3n) is 2.23. The standard InChI is InChI=1S/C10H24Cl2N4O3P/c1-18-14-6-2-10-19-20(17,15-7-5-13)16(8-3-11)9-4-12/h6,15,17H,2-5,7-10,13H2,1H3/q+1/b14-6+. The van der Waals surface area contributed by atoms with Gasteiger partial charge in [0.05, 0.1) is 13.1 Å². The lowest BCUT2D eigenvalue weighted by Gasteiger charge is -2.28. The summed E-state index contributed by atoms with van der Waals surface area (Å²) in [4.78, 5) is 15.2. The van der Waals surface area contributed by atoms with E-state index in [0.29, 0.717) is 51.0 Å². The van der Waals surface area contributed by atoms with Gasteiger partial charge in [0, 0.05) is 37.5 Å². The van der Waals surface area contributed by atoms with Crippen molar-refractivity contribution in [3.05, 3.63) is 0 Å². The molecule has 0 bridgehead atoms. The molecular weight excluding hydrogens is 326 g/mol. The smallest absolute Gasteiger partial charge is 0.399 e. The Morgan fingerprint density at radius 2 is 2.05 bits per heavy atom. The van der Waals surface area contributed by atoms with Crippen LogP contribution in [0.5, 0.6) is 0 Å². The van der Waals surface area contributed by atoms with Gasteiger partial charge in [0.2, 0.25) is 0 Å². The predicted molar refractivity (Wildman–Crippen MR) is 85.3 cm³/mol. The van der Waals surface area contributed by atoms with Crippen LogP contribution < -0.4 is 10.8 Å². The van der Waals surface area contributed by atoms with Crippen molar-refractivity contribution in [2.24, 2.45) is 10.9 Å². The zero-order valence-electron chi connectivity index (χ0n) is 11.7. The number of oxime groups is 1. The first-order valence-electron chi connectivity index (χ1n) is 6.28. The van der Waals surface area contributed by atoms with Gasteiger partial charge in [0.15, 0.2) is 0 Å². The zero-order chi connectivity index (χ0) is 15.3. The van der Waals surface area contributed by atoms with Gasteiger partial charge in [0.1, 0.15) is 13.7 Å². The van der Waals surface area contributed by atoms with E-state index >= 15 is 0 Å². The Balaban J connectivity index is 4.54. The second kappa shape index (κ2) is 13.0. The third-order valence-corrected chi connectivity index (χ3v) is 4.91. The number of nitrogens with two attached hydrogens (primary N) is 1. The van der Waals surface area contributed by atoms with Crippen molar-refractivity contribution in [2.75, 3.05) is 51.7 Å². The largest absolute Gasteiger partial charge is 0.431 e. The van der Waals surface area contributed by atoms with Gasteiger partial charge in [-0.05, 0) is 0 Å². The number of rotatable bonds is 13. The van der Waals surface area contributed by atoms with E-state index in [-0.39, 0.29) is 0 Å². The highest BCUT2D eigenvalue weighted by Gasteiger charge is 2.45. The van der Waals surface area contributed by atoms with Gasteiger partial charge in [0.25, 0.3) is 0 Å². The van der Waals surface area contributed by atoms with Gasteiger partial charge >= 0.3 is 8.02 Å². The van der Waals surface area contributed by atoms with E-state index in [0.717, 1.165) is 0 Å². The van der Waals surface area contributed by atoms with Crippen molar-refractivity contribution >= 4 is 37.4 Å². The molecule has 20 heavy (non-hydrogen) atoms. The van der Waals surface area contributed by atoms with Gasteiger partial charge in [-0.2, -0.15) is 9.42 Å². The summed E-state index contributed by atoms with van der Waals surface area (Å²) in [6.45, 7) is 2.09. The van der Waals surface area contributed by atoms with Gasteiger partial charge < -0.3 is 10.6 Å². The summed E-state index contributed by atoms with van der Waals surface area (Å²) in [5.74, 6) is 0.746. The first-order chi connectivity index (χ1) is 9.64. The maximum absolute atomic E-state index is 10.7. The van der Waals surface area contributed by atoms with Crippen LogP contribution in [-0.4, -0.2) is 67.4 Å².